The molecule has 1 saturated carbocycles. The van der Waals surface area contributed by atoms with Crippen molar-refractivity contribution in [3.8, 4) is 0 Å². The highest BCUT2D eigenvalue weighted by molar-refractivity contribution is 5.67. The average molecular weight is 240 g/mol. The molecule has 1 aliphatic heterocycles. The van der Waals surface area contributed by atoms with E-state index in [4.69, 9.17) is 5.11 Å². The van der Waals surface area contributed by atoms with Crippen molar-refractivity contribution in [2.45, 2.75) is 57.2 Å². The van der Waals surface area contributed by atoms with E-state index < -0.39 is 5.97 Å². The lowest BCUT2D eigenvalue weighted by Crippen LogP contribution is -2.58. The van der Waals surface area contributed by atoms with Gasteiger partial charge in [0.15, 0.2) is 0 Å². The second-order valence-electron chi connectivity index (χ2n) is 5.68. The van der Waals surface area contributed by atoms with Crippen molar-refractivity contribution in [3.63, 3.8) is 0 Å². The van der Waals surface area contributed by atoms with E-state index >= 15 is 0 Å². The van der Waals surface area contributed by atoms with Crippen molar-refractivity contribution in [2.75, 3.05) is 20.1 Å². The summed E-state index contributed by atoms with van der Waals surface area (Å²) < 4.78 is 0. The molecular weight excluding hydrogens is 216 g/mol. The Hall–Kier alpha value is -0.610. The lowest BCUT2D eigenvalue weighted by Gasteiger charge is -2.46. The molecule has 2 atom stereocenters. The van der Waals surface area contributed by atoms with Crippen LogP contribution >= 0.6 is 0 Å². The van der Waals surface area contributed by atoms with Crippen LogP contribution in [0.15, 0.2) is 0 Å². The number of carboxylic acids is 1. The average Bonchev–Trinajstić information content (AvgIpc) is 2.74. The Labute approximate surface area is 104 Å². The van der Waals surface area contributed by atoms with Gasteiger partial charge in [-0.25, -0.2) is 0 Å². The lowest BCUT2D eigenvalue weighted by atomic mass is 10.0. The molecule has 2 unspecified atom stereocenters. The van der Waals surface area contributed by atoms with E-state index in [9.17, 15) is 4.79 Å². The highest BCUT2D eigenvalue weighted by Crippen LogP contribution is 2.28. The first kappa shape index (κ1) is 12.8. The number of aliphatic carboxylic acids is 1. The van der Waals surface area contributed by atoms with E-state index in [0.29, 0.717) is 12.1 Å². The standard InChI is InChI=1S/C13H24N2O2/c1-10-8-14(2)12(7-13(16)17)9-15(10)11-5-3-4-6-11/h10-12H,3-9H2,1-2H3,(H,16,17). The molecule has 0 aromatic heterocycles. The Morgan fingerprint density at radius 3 is 2.53 bits per heavy atom. The van der Waals surface area contributed by atoms with Crippen LogP contribution in [0, 0.1) is 0 Å². The molecule has 2 aliphatic rings. The summed E-state index contributed by atoms with van der Waals surface area (Å²) >= 11 is 0. The Morgan fingerprint density at radius 1 is 1.29 bits per heavy atom. The molecule has 1 saturated heterocycles. The quantitative estimate of drug-likeness (QED) is 0.810. The van der Waals surface area contributed by atoms with Gasteiger partial charge in [-0.1, -0.05) is 12.8 Å². The molecule has 0 bridgehead atoms. The molecule has 4 nitrogen and oxygen atoms in total. The molecule has 1 aliphatic carbocycles. The third-order valence-corrected chi connectivity index (χ3v) is 4.37. The minimum atomic E-state index is -0.678. The van der Waals surface area contributed by atoms with Crippen molar-refractivity contribution in [1.29, 1.82) is 0 Å². The Bertz CT molecular complexity index is 277. The molecule has 2 fully saturated rings. The van der Waals surface area contributed by atoms with Gasteiger partial charge in [0.25, 0.3) is 0 Å². The van der Waals surface area contributed by atoms with E-state index in [0.717, 1.165) is 13.1 Å². The van der Waals surface area contributed by atoms with Crippen LogP contribution in [0.25, 0.3) is 0 Å². The molecule has 98 valence electrons. The highest BCUT2D eigenvalue weighted by Gasteiger charge is 2.35. The second kappa shape index (κ2) is 5.36. The zero-order valence-corrected chi connectivity index (χ0v) is 10.9. The molecule has 0 aromatic carbocycles. The predicted molar refractivity (Wildman–Crippen MR) is 67.1 cm³/mol. The summed E-state index contributed by atoms with van der Waals surface area (Å²) in [6.07, 6.45) is 5.55. The van der Waals surface area contributed by atoms with Crippen LogP contribution in [0.2, 0.25) is 0 Å². The maximum atomic E-state index is 10.9. The van der Waals surface area contributed by atoms with Gasteiger partial charge in [0, 0.05) is 31.2 Å². The zero-order chi connectivity index (χ0) is 12.4. The van der Waals surface area contributed by atoms with Gasteiger partial charge >= 0.3 is 5.97 Å². The fraction of sp³-hybridized carbons (Fsp3) is 0.923. The molecule has 1 heterocycles. The van der Waals surface area contributed by atoms with Crippen molar-refractivity contribution >= 4 is 5.97 Å². The molecule has 1 N–H and O–H groups in total. The van der Waals surface area contributed by atoms with E-state index in [2.05, 4.69) is 23.8 Å². The summed E-state index contributed by atoms with van der Waals surface area (Å²) in [6.45, 7) is 4.19. The van der Waals surface area contributed by atoms with Crippen molar-refractivity contribution < 1.29 is 9.90 Å². The van der Waals surface area contributed by atoms with Gasteiger partial charge < -0.3 is 10.0 Å². The summed E-state index contributed by atoms with van der Waals surface area (Å²) in [5.74, 6) is -0.678. The SMILES string of the molecule is CC1CN(C)C(CC(=O)O)CN1C1CCCC1. The zero-order valence-electron chi connectivity index (χ0n) is 10.9. The Kier molecular flexibility index (Phi) is 4.05. The fourth-order valence-corrected chi connectivity index (χ4v) is 3.40. The minimum absolute atomic E-state index is 0.185. The number of carbonyl (C=O) groups is 1. The smallest absolute Gasteiger partial charge is 0.304 e. The highest BCUT2D eigenvalue weighted by atomic mass is 16.4. The van der Waals surface area contributed by atoms with Gasteiger partial charge in [-0.3, -0.25) is 9.69 Å². The van der Waals surface area contributed by atoms with Crippen LogP contribution in [0.3, 0.4) is 0 Å². The van der Waals surface area contributed by atoms with Gasteiger partial charge in [0.05, 0.1) is 6.42 Å². The summed E-state index contributed by atoms with van der Waals surface area (Å²) in [7, 11) is 2.05. The lowest BCUT2D eigenvalue weighted by molar-refractivity contribution is -0.139. The first-order valence-electron chi connectivity index (χ1n) is 6.75. The normalized spacial score (nSPS) is 33.1. The Morgan fingerprint density at radius 2 is 1.94 bits per heavy atom. The molecular formula is C13H24N2O2. The predicted octanol–water partition coefficient (Wildman–Crippen LogP) is 1.41. The van der Waals surface area contributed by atoms with Crippen molar-refractivity contribution in [3.05, 3.63) is 0 Å². The van der Waals surface area contributed by atoms with E-state index in [1.165, 1.54) is 25.7 Å². The molecule has 0 aromatic rings. The first-order valence-corrected chi connectivity index (χ1v) is 6.75. The van der Waals surface area contributed by atoms with E-state index in [1.807, 2.05) is 0 Å². The summed E-state index contributed by atoms with van der Waals surface area (Å²) in [6, 6.07) is 1.45. The molecule has 0 spiro atoms. The van der Waals surface area contributed by atoms with Crippen LogP contribution in [-0.4, -0.2) is 59.1 Å². The molecule has 0 amide bonds. The third kappa shape index (κ3) is 2.99. The summed E-state index contributed by atoms with van der Waals surface area (Å²) in [4.78, 5) is 15.6. The van der Waals surface area contributed by atoms with Gasteiger partial charge in [-0.05, 0) is 26.8 Å². The minimum Gasteiger partial charge on any atom is -0.481 e. The van der Waals surface area contributed by atoms with Crippen LogP contribution in [0.1, 0.15) is 39.0 Å². The maximum absolute atomic E-state index is 10.9. The van der Waals surface area contributed by atoms with Crippen LogP contribution in [-0.2, 0) is 4.79 Å². The van der Waals surface area contributed by atoms with Crippen LogP contribution in [0.4, 0.5) is 0 Å². The van der Waals surface area contributed by atoms with Gasteiger partial charge in [-0.2, -0.15) is 0 Å². The van der Waals surface area contributed by atoms with E-state index in [-0.39, 0.29) is 12.5 Å². The number of rotatable bonds is 3. The number of likely N-dealkylation sites (N-methyl/N-ethyl adjacent to an activating group) is 1. The monoisotopic (exact) mass is 240 g/mol. The maximum Gasteiger partial charge on any atom is 0.304 e. The van der Waals surface area contributed by atoms with E-state index in [1.54, 1.807) is 0 Å². The number of piperazine rings is 1. The summed E-state index contributed by atoms with van der Waals surface area (Å²) in [5, 5.41) is 8.96. The number of hydrogen-bond acceptors (Lipinski definition) is 3. The second-order valence-corrected chi connectivity index (χ2v) is 5.68. The first-order chi connectivity index (χ1) is 8.08. The molecule has 4 heteroatoms. The van der Waals surface area contributed by atoms with Crippen LogP contribution < -0.4 is 0 Å². The van der Waals surface area contributed by atoms with Crippen molar-refractivity contribution in [1.82, 2.24) is 9.80 Å². The van der Waals surface area contributed by atoms with Crippen LogP contribution in [0.5, 0.6) is 0 Å². The molecule has 2 rings (SSSR count). The number of hydrogen-bond donors (Lipinski definition) is 1. The Balaban J connectivity index is 1.98. The summed E-state index contributed by atoms with van der Waals surface area (Å²) in [5.41, 5.74) is 0. The van der Waals surface area contributed by atoms with Gasteiger partial charge in [0.1, 0.15) is 0 Å². The van der Waals surface area contributed by atoms with Gasteiger partial charge in [-0.15, -0.1) is 0 Å². The van der Waals surface area contributed by atoms with Gasteiger partial charge in [0.2, 0.25) is 0 Å². The molecule has 17 heavy (non-hydrogen) atoms. The largest absolute Gasteiger partial charge is 0.481 e. The fourth-order valence-electron chi connectivity index (χ4n) is 3.40. The number of carboxylic acid groups (broad SMARTS) is 1. The number of nitrogens with zero attached hydrogens (tertiary/aromatic N) is 2. The third-order valence-electron chi connectivity index (χ3n) is 4.37. The van der Waals surface area contributed by atoms with Crippen molar-refractivity contribution in [2.24, 2.45) is 0 Å². The topological polar surface area (TPSA) is 43.8 Å². The molecule has 0 radical (unpaired) electrons.